The predicted molar refractivity (Wildman–Crippen MR) is 89.4 cm³/mol. The number of thiophene rings is 2. The molecule has 4 rings (SSSR count). The summed E-state index contributed by atoms with van der Waals surface area (Å²) in [6.45, 7) is 0. The van der Waals surface area contributed by atoms with E-state index < -0.39 is 0 Å². The van der Waals surface area contributed by atoms with Crippen LogP contribution in [0.3, 0.4) is 0 Å². The van der Waals surface area contributed by atoms with E-state index >= 15 is 0 Å². The summed E-state index contributed by atoms with van der Waals surface area (Å²) >= 11 is 3.31. The number of amides is 1. The van der Waals surface area contributed by atoms with Gasteiger partial charge < -0.3 is 5.32 Å². The normalized spacial score (nSPS) is 12.6. The first-order valence-electron chi connectivity index (χ1n) is 6.97. The van der Waals surface area contributed by atoms with Crippen LogP contribution in [0.5, 0.6) is 0 Å². The molecule has 0 atom stereocenters. The van der Waals surface area contributed by atoms with Gasteiger partial charge in [-0.05, 0) is 60.2 Å². The van der Waals surface area contributed by atoms with Crippen LogP contribution in [0.2, 0.25) is 0 Å². The number of carbonyl (C=O) groups excluding carboxylic acids is 1. The summed E-state index contributed by atoms with van der Waals surface area (Å²) in [6.07, 6.45) is 2.04. The Labute approximate surface area is 135 Å². The van der Waals surface area contributed by atoms with Crippen LogP contribution in [0.4, 0.5) is 10.1 Å². The molecule has 3 aromatic rings. The van der Waals surface area contributed by atoms with E-state index in [4.69, 9.17) is 0 Å². The van der Waals surface area contributed by atoms with E-state index in [0.29, 0.717) is 10.6 Å². The molecule has 0 radical (unpaired) electrons. The largest absolute Gasteiger partial charge is 0.321 e. The fourth-order valence-corrected chi connectivity index (χ4v) is 4.77. The van der Waals surface area contributed by atoms with Crippen molar-refractivity contribution < 1.29 is 9.18 Å². The van der Waals surface area contributed by atoms with Gasteiger partial charge in [-0.15, -0.1) is 22.7 Å². The Bertz CT molecular complexity index is 848. The van der Waals surface area contributed by atoms with E-state index in [0.717, 1.165) is 12.8 Å². The molecule has 1 aliphatic carbocycles. The molecule has 0 aliphatic heterocycles. The van der Waals surface area contributed by atoms with Gasteiger partial charge >= 0.3 is 0 Å². The second-order valence-corrected chi connectivity index (χ2v) is 7.24. The molecule has 2 heterocycles. The summed E-state index contributed by atoms with van der Waals surface area (Å²) in [6, 6.07) is 9.93. The lowest BCUT2D eigenvalue weighted by Crippen LogP contribution is -2.10. The van der Waals surface area contributed by atoms with Crippen LogP contribution in [0, 0.1) is 5.82 Å². The highest BCUT2D eigenvalue weighted by molar-refractivity contribution is 7.18. The van der Waals surface area contributed by atoms with E-state index in [-0.39, 0.29) is 11.7 Å². The Kier molecular flexibility index (Phi) is 3.32. The lowest BCUT2D eigenvalue weighted by molar-refractivity contribution is 0.103. The highest BCUT2D eigenvalue weighted by Crippen LogP contribution is 2.41. The number of hydrogen-bond donors (Lipinski definition) is 1. The maximum Gasteiger partial charge on any atom is 0.265 e. The van der Waals surface area contributed by atoms with Crippen LogP contribution in [0.25, 0.3) is 10.4 Å². The number of hydrogen-bond acceptors (Lipinski definition) is 3. The lowest BCUT2D eigenvalue weighted by atomic mass is 9.98. The second-order valence-electron chi connectivity index (χ2n) is 5.18. The zero-order chi connectivity index (χ0) is 15.1. The SMILES string of the molecule is O=C(Nc1ccc(F)cc1)c1cc2c(s1)-c1ccsc1CC2. The van der Waals surface area contributed by atoms with Gasteiger partial charge in [0.2, 0.25) is 0 Å². The molecule has 2 nitrogen and oxygen atoms in total. The molecule has 0 bridgehead atoms. The number of halogens is 1. The number of anilines is 1. The molecular weight excluding hydrogens is 317 g/mol. The maximum absolute atomic E-state index is 12.9. The Balaban J connectivity index is 1.62. The van der Waals surface area contributed by atoms with Gasteiger partial charge in [-0.1, -0.05) is 0 Å². The lowest BCUT2D eigenvalue weighted by Gasteiger charge is -2.10. The van der Waals surface area contributed by atoms with Crippen molar-refractivity contribution in [1.29, 1.82) is 0 Å². The molecule has 2 aromatic heterocycles. The molecule has 22 heavy (non-hydrogen) atoms. The van der Waals surface area contributed by atoms with Crippen molar-refractivity contribution in [3.8, 4) is 10.4 Å². The zero-order valence-electron chi connectivity index (χ0n) is 11.6. The third kappa shape index (κ3) is 2.36. The Hall–Kier alpha value is -1.98. The first-order valence-corrected chi connectivity index (χ1v) is 8.67. The van der Waals surface area contributed by atoms with E-state index in [1.165, 1.54) is 44.4 Å². The number of aryl methyl sites for hydroxylation is 2. The van der Waals surface area contributed by atoms with E-state index in [1.54, 1.807) is 23.5 Å². The molecule has 0 spiro atoms. The van der Waals surface area contributed by atoms with E-state index in [1.807, 2.05) is 6.07 Å². The topological polar surface area (TPSA) is 29.1 Å². The summed E-state index contributed by atoms with van der Waals surface area (Å²) in [5.74, 6) is -0.447. The summed E-state index contributed by atoms with van der Waals surface area (Å²) in [5.41, 5.74) is 3.13. The highest BCUT2D eigenvalue weighted by Gasteiger charge is 2.22. The number of carbonyl (C=O) groups is 1. The van der Waals surface area contributed by atoms with Crippen molar-refractivity contribution in [3.63, 3.8) is 0 Å². The molecule has 110 valence electrons. The van der Waals surface area contributed by atoms with Gasteiger partial charge in [0, 0.05) is 21.0 Å². The Morgan fingerprint density at radius 3 is 2.77 bits per heavy atom. The number of fused-ring (bicyclic) bond motifs is 3. The smallest absolute Gasteiger partial charge is 0.265 e. The average molecular weight is 329 g/mol. The summed E-state index contributed by atoms with van der Waals surface area (Å²) in [7, 11) is 0. The van der Waals surface area contributed by atoms with Gasteiger partial charge in [-0.25, -0.2) is 4.39 Å². The number of rotatable bonds is 2. The standard InChI is InChI=1S/C17H12FNOS2/c18-11-2-4-12(5-3-11)19-17(20)15-9-10-1-6-14-13(7-8-21-14)16(10)22-15/h2-5,7-9H,1,6H2,(H,19,20). The van der Waals surface area contributed by atoms with Crippen molar-refractivity contribution in [1.82, 2.24) is 0 Å². The molecule has 0 saturated heterocycles. The van der Waals surface area contributed by atoms with Gasteiger partial charge in [0.25, 0.3) is 5.91 Å². The highest BCUT2D eigenvalue weighted by atomic mass is 32.1. The second kappa shape index (κ2) is 5.34. The molecule has 1 aliphatic rings. The van der Waals surface area contributed by atoms with Crippen LogP contribution in [-0.4, -0.2) is 5.91 Å². The monoisotopic (exact) mass is 329 g/mol. The van der Waals surface area contributed by atoms with Gasteiger partial charge in [-0.2, -0.15) is 0 Å². The third-order valence-corrected chi connectivity index (χ3v) is 5.94. The molecular formula is C17H12FNOS2. The minimum atomic E-state index is -0.311. The Morgan fingerprint density at radius 1 is 1.14 bits per heavy atom. The molecule has 1 N–H and O–H groups in total. The molecule has 1 amide bonds. The van der Waals surface area contributed by atoms with Crippen LogP contribution in [0.15, 0.2) is 41.8 Å². The number of nitrogens with one attached hydrogen (secondary N) is 1. The molecule has 0 fully saturated rings. The van der Waals surface area contributed by atoms with E-state index in [2.05, 4.69) is 16.8 Å². The molecule has 1 aromatic carbocycles. The summed E-state index contributed by atoms with van der Waals surface area (Å²) in [4.78, 5) is 15.7. The minimum Gasteiger partial charge on any atom is -0.321 e. The first-order chi connectivity index (χ1) is 10.7. The van der Waals surface area contributed by atoms with Crippen molar-refractivity contribution >= 4 is 34.3 Å². The van der Waals surface area contributed by atoms with Crippen LogP contribution < -0.4 is 5.32 Å². The maximum atomic E-state index is 12.9. The average Bonchev–Trinajstić information content (AvgIpc) is 3.14. The fourth-order valence-electron chi connectivity index (χ4n) is 2.66. The van der Waals surface area contributed by atoms with Gasteiger partial charge in [0.05, 0.1) is 4.88 Å². The molecule has 5 heteroatoms. The quantitative estimate of drug-likeness (QED) is 0.707. The van der Waals surface area contributed by atoms with E-state index in [9.17, 15) is 9.18 Å². The number of benzene rings is 1. The summed E-state index contributed by atoms with van der Waals surface area (Å²) in [5, 5.41) is 4.93. The zero-order valence-corrected chi connectivity index (χ0v) is 13.2. The first kappa shape index (κ1) is 13.7. The van der Waals surface area contributed by atoms with Crippen molar-refractivity contribution in [2.24, 2.45) is 0 Å². The van der Waals surface area contributed by atoms with Crippen LogP contribution in [0.1, 0.15) is 20.1 Å². The van der Waals surface area contributed by atoms with Gasteiger partial charge in [0.15, 0.2) is 0 Å². The molecule has 0 unspecified atom stereocenters. The summed E-state index contributed by atoms with van der Waals surface area (Å²) < 4.78 is 12.9. The predicted octanol–water partition coefficient (Wildman–Crippen LogP) is 4.97. The fraction of sp³-hybridized carbons (Fsp3) is 0.118. The van der Waals surface area contributed by atoms with Crippen molar-refractivity contribution in [2.45, 2.75) is 12.8 Å². The van der Waals surface area contributed by atoms with Crippen molar-refractivity contribution in [2.75, 3.05) is 5.32 Å². The van der Waals surface area contributed by atoms with Crippen LogP contribution in [-0.2, 0) is 12.8 Å². The van der Waals surface area contributed by atoms with Gasteiger partial charge in [-0.3, -0.25) is 4.79 Å². The van der Waals surface area contributed by atoms with Crippen LogP contribution >= 0.6 is 22.7 Å². The molecule has 0 saturated carbocycles. The third-order valence-electron chi connectivity index (χ3n) is 3.75. The van der Waals surface area contributed by atoms with Crippen molar-refractivity contribution in [3.05, 3.63) is 62.9 Å². The van der Waals surface area contributed by atoms with Gasteiger partial charge in [0.1, 0.15) is 5.82 Å². The Morgan fingerprint density at radius 2 is 1.95 bits per heavy atom. The minimum absolute atomic E-state index is 0.136.